The number of rotatable bonds is 5. The molecule has 0 aliphatic heterocycles. The maximum atomic E-state index is 12.0. The van der Waals surface area contributed by atoms with E-state index in [1.807, 2.05) is 6.08 Å². The number of allylic oxidation sites excluding steroid dienone is 2. The lowest BCUT2D eigenvalue weighted by Gasteiger charge is -2.60. The average Bonchev–Trinajstić information content (AvgIpc) is 2.99. The number of carboxylic acids is 1. The molecule has 4 unspecified atom stereocenters. The van der Waals surface area contributed by atoms with Gasteiger partial charge in [0.1, 0.15) is 0 Å². The van der Waals surface area contributed by atoms with Gasteiger partial charge >= 0.3 is 5.97 Å². The van der Waals surface area contributed by atoms with Crippen molar-refractivity contribution in [3.63, 3.8) is 0 Å². The first-order valence-corrected chi connectivity index (χ1v) is 12.4. The number of fused-ring (bicyclic) bond motifs is 5. The summed E-state index contributed by atoms with van der Waals surface area (Å²) in [4.78, 5) is 12.0. The fraction of sp³-hybridized carbons (Fsp3) is 0.815. The Morgan fingerprint density at radius 1 is 1.13 bits per heavy atom. The molecule has 2 N–H and O–H groups in total. The molecule has 168 valence electrons. The predicted molar refractivity (Wildman–Crippen MR) is 121 cm³/mol. The zero-order valence-electron chi connectivity index (χ0n) is 19.4. The lowest BCUT2D eigenvalue weighted by atomic mass is 9.45. The van der Waals surface area contributed by atoms with Gasteiger partial charge in [0.15, 0.2) is 0 Å². The normalized spacial score (nSPS) is 44.3. The molecule has 0 spiro atoms. The molecule has 30 heavy (non-hydrogen) atoms. The molecule has 0 aromatic heterocycles. The number of aliphatic carboxylic acids is 1. The van der Waals surface area contributed by atoms with Gasteiger partial charge in [0.2, 0.25) is 0 Å². The van der Waals surface area contributed by atoms with Gasteiger partial charge in [0, 0.05) is 0 Å². The molecule has 0 bridgehead atoms. The molecule has 3 nitrogen and oxygen atoms in total. The number of carboxylic acid groups (broad SMARTS) is 1. The summed E-state index contributed by atoms with van der Waals surface area (Å²) >= 11 is 0. The lowest BCUT2D eigenvalue weighted by molar-refractivity contribution is -0.139. The van der Waals surface area contributed by atoms with Crippen LogP contribution in [0, 0.1) is 46.3 Å². The van der Waals surface area contributed by atoms with E-state index in [4.69, 9.17) is 0 Å². The van der Waals surface area contributed by atoms with Crippen LogP contribution >= 0.6 is 0 Å². The van der Waals surface area contributed by atoms with Crippen LogP contribution in [0.3, 0.4) is 0 Å². The molecule has 4 rings (SSSR count). The van der Waals surface area contributed by atoms with E-state index in [2.05, 4.69) is 39.8 Å². The van der Waals surface area contributed by atoms with Gasteiger partial charge in [0.05, 0.1) is 12.0 Å². The SMILES string of the molecule is CC(C)C/C=C\C(C(=O)O)C1=CC[C@]2(C)C3CC[C@@]4(C)C(CC[C@@H]4O)C3CC[C@H]2C1. The smallest absolute Gasteiger partial charge is 0.314 e. The van der Waals surface area contributed by atoms with Gasteiger partial charge in [-0.2, -0.15) is 0 Å². The summed E-state index contributed by atoms with van der Waals surface area (Å²) in [6.07, 6.45) is 16.2. The standard InChI is InChI=1S/C27H42O3/c1-17(2)6-5-7-20(25(29)30)18-12-14-26(3)19(16-18)8-9-21-22-10-11-24(28)27(22,4)15-13-23(21)26/h5,7,12,17,19-24,28H,6,8-11,13-16H2,1-4H3,(H,29,30)/b7-5-/t19-,20?,21?,22?,23?,24-,26-,27-/m0/s1. The first-order chi connectivity index (χ1) is 14.2. The summed E-state index contributed by atoms with van der Waals surface area (Å²) in [6, 6.07) is 0. The molecule has 0 amide bonds. The number of aliphatic hydroxyl groups is 1. The second kappa shape index (κ2) is 8.11. The first-order valence-electron chi connectivity index (χ1n) is 12.4. The van der Waals surface area contributed by atoms with Crippen molar-refractivity contribution in [2.24, 2.45) is 46.3 Å². The molecule has 0 aromatic carbocycles. The Morgan fingerprint density at radius 3 is 2.57 bits per heavy atom. The van der Waals surface area contributed by atoms with Crippen LogP contribution in [-0.4, -0.2) is 22.3 Å². The summed E-state index contributed by atoms with van der Waals surface area (Å²) in [6.45, 7) is 9.19. The summed E-state index contributed by atoms with van der Waals surface area (Å²) in [5.41, 5.74) is 1.57. The minimum atomic E-state index is -0.702. The zero-order valence-corrected chi connectivity index (χ0v) is 19.4. The van der Waals surface area contributed by atoms with Gasteiger partial charge in [0.25, 0.3) is 0 Å². The summed E-state index contributed by atoms with van der Waals surface area (Å²) in [7, 11) is 0. The van der Waals surface area contributed by atoms with Crippen molar-refractivity contribution in [2.45, 2.75) is 91.6 Å². The Morgan fingerprint density at radius 2 is 1.87 bits per heavy atom. The number of hydrogen-bond donors (Lipinski definition) is 2. The lowest BCUT2D eigenvalue weighted by Crippen LogP contribution is -2.53. The minimum absolute atomic E-state index is 0.110. The second-order valence-corrected chi connectivity index (χ2v) is 11.9. The molecule has 4 aliphatic rings. The van der Waals surface area contributed by atoms with E-state index in [0.29, 0.717) is 23.2 Å². The highest BCUT2D eigenvalue weighted by Gasteiger charge is 2.59. The van der Waals surface area contributed by atoms with Crippen molar-refractivity contribution in [2.75, 3.05) is 0 Å². The van der Waals surface area contributed by atoms with Crippen molar-refractivity contribution in [3.05, 3.63) is 23.8 Å². The largest absolute Gasteiger partial charge is 0.481 e. The van der Waals surface area contributed by atoms with Gasteiger partial charge in [-0.25, -0.2) is 0 Å². The van der Waals surface area contributed by atoms with Gasteiger partial charge in [-0.05, 0) is 98.2 Å². The van der Waals surface area contributed by atoms with E-state index in [1.165, 1.54) is 25.7 Å². The highest BCUT2D eigenvalue weighted by molar-refractivity contribution is 5.76. The molecule has 0 radical (unpaired) electrons. The molecule has 3 heteroatoms. The van der Waals surface area contributed by atoms with Crippen molar-refractivity contribution in [3.8, 4) is 0 Å². The Hall–Kier alpha value is -1.09. The highest BCUT2D eigenvalue weighted by atomic mass is 16.4. The molecule has 0 saturated heterocycles. The van der Waals surface area contributed by atoms with E-state index >= 15 is 0 Å². The van der Waals surface area contributed by atoms with Crippen molar-refractivity contribution < 1.29 is 15.0 Å². The number of hydrogen-bond acceptors (Lipinski definition) is 2. The highest BCUT2D eigenvalue weighted by Crippen LogP contribution is 2.66. The van der Waals surface area contributed by atoms with Gasteiger partial charge < -0.3 is 10.2 Å². The van der Waals surface area contributed by atoms with Gasteiger partial charge in [-0.15, -0.1) is 0 Å². The minimum Gasteiger partial charge on any atom is -0.481 e. The van der Waals surface area contributed by atoms with Crippen LogP contribution in [0.15, 0.2) is 23.8 Å². The zero-order chi connectivity index (χ0) is 21.7. The number of carbonyl (C=O) groups is 1. The van der Waals surface area contributed by atoms with Crippen LogP contribution in [0.25, 0.3) is 0 Å². The van der Waals surface area contributed by atoms with E-state index in [-0.39, 0.29) is 11.5 Å². The first kappa shape index (κ1) is 22.1. The summed E-state index contributed by atoms with van der Waals surface area (Å²) in [5.74, 6) is 2.17. The van der Waals surface area contributed by atoms with Crippen LogP contribution in [-0.2, 0) is 4.79 Å². The average molecular weight is 415 g/mol. The molecule has 0 heterocycles. The molecule has 3 saturated carbocycles. The van der Waals surface area contributed by atoms with E-state index in [9.17, 15) is 15.0 Å². The van der Waals surface area contributed by atoms with E-state index in [1.54, 1.807) is 0 Å². The molecule has 0 aromatic rings. The fourth-order valence-corrected chi connectivity index (χ4v) is 7.98. The summed E-state index contributed by atoms with van der Waals surface area (Å²) < 4.78 is 0. The van der Waals surface area contributed by atoms with E-state index < -0.39 is 11.9 Å². The Labute approximate surface area is 183 Å². The molecular formula is C27H42O3. The second-order valence-electron chi connectivity index (χ2n) is 11.9. The summed E-state index contributed by atoms with van der Waals surface area (Å²) in [5, 5.41) is 20.5. The number of aliphatic hydroxyl groups excluding tert-OH is 1. The van der Waals surface area contributed by atoms with E-state index in [0.717, 1.165) is 49.5 Å². The van der Waals surface area contributed by atoms with Crippen LogP contribution in [0.2, 0.25) is 0 Å². The maximum Gasteiger partial charge on any atom is 0.314 e. The molecular weight excluding hydrogens is 372 g/mol. The van der Waals surface area contributed by atoms with Crippen LogP contribution in [0.4, 0.5) is 0 Å². The van der Waals surface area contributed by atoms with Crippen molar-refractivity contribution in [1.29, 1.82) is 0 Å². The third kappa shape index (κ3) is 3.59. The Balaban J connectivity index is 1.54. The fourth-order valence-electron chi connectivity index (χ4n) is 7.98. The maximum absolute atomic E-state index is 12.0. The Kier molecular flexibility index (Phi) is 5.98. The molecule has 8 atom stereocenters. The third-order valence-electron chi connectivity index (χ3n) is 9.90. The van der Waals surface area contributed by atoms with Gasteiger partial charge in [-0.1, -0.05) is 51.5 Å². The third-order valence-corrected chi connectivity index (χ3v) is 9.90. The topological polar surface area (TPSA) is 57.5 Å². The van der Waals surface area contributed by atoms with Crippen LogP contribution in [0.5, 0.6) is 0 Å². The van der Waals surface area contributed by atoms with Crippen molar-refractivity contribution in [1.82, 2.24) is 0 Å². The van der Waals surface area contributed by atoms with Gasteiger partial charge in [-0.3, -0.25) is 4.79 Å². The van der Waals surface area contributed by atoms with Crippen LogP contribution < -0.4 is 0 Å². The quantitative estimate of drug-likeness (QED) is 0.524. The molecule has 3 fully saturated rings. The monoisotopic (exact) mass is 414 g/mol. The van der Waals surface area contributed by atoms with Crippen molar-refractivity contribution >= 4 is 5.97 Å². The Bertz CT molecular complexity index is 722. The molecule has 4 aliphatic carbocycles. The predicted octanol–water partition coefficient (Wildman–Crippen LogP) is 6.23. The van der Waals surface area contributed by atoms with Crippen LogP contribution in [0.1, 0.15) is 85.5 Å².